The van der Waals surface area contributed by atoms with Gasteiger partial charge in [0.25, 0.3) is 5.56 Å². The van der Waals surface area contributed by atoms with Crippen molar-refractivity contribution in [3.05, 3.63) is 106 Å². The Balaban J connectivity index is 1.13. The zero-order valence-electron chi connectivity index (χ0n) is 24.9. The van der Waals surface area contributed by atoms with Gasteiger partial charge in [-0.3, -0.25) is 14.1 Å². The predicted octanol–water partition coefficient (Wildman–Crippen LogP) is 5.11. The monoisotopic (exact) mass is 564 g/mol. The number of benzene rings is 2. The van der Waals surface area contributed by atoms with Crippen molar-refractivity contribution in [3.8, 4) is 5.88 Å². The number of unbranched alkanes of at least 4 members (excludes halogenated alkanes) is 1. The normalized spacial score (nSPS) is 14.8. The minimum Gasteiger partial charge on any atom is -0.481 e. The summed E-state index contributed by atoms with van der Waals surface area (Å²) in [5.41, 5.74) is 5.60. The van der Waals surface area contributed by atoms with Crippen molar-refractivity contribution in [3.63, 3.8) is 0 Å². The average Bonchev–Trinajstić information content (AvgIpc) is 3.39. The molecule has 0 amide bonds. The van der Waals surface area contributed by atoms with E-state index in [0.717, 1.165) is 74.7 Å². The standard InChI is InChI=1S/C34H40N6O2/c1-4-29-35-25(2)31-34(41)39(28-17-18-30(42-3)36-33(28)40(29)31)20-12-11-19-37-21-23-38(24-22-37)32(26-13-7-5-8-14-26)27-15-9-6-10-16-27/h5-10,13-18,32H,4,11-12,19-24H2,1-3H3. The molecule has 0 spiro atoms. The molecule has 1 aliphatic rings. The van der Waals surface area contributed by atoms with Crippen LogP contribution < -0.4 is 10.3 Å². The Bertz CT molecular complexity index is 1670. The number of nitrogens with zero attached hydrogens (tertiary/aromatic N) is 6. The maximum Gasteiger partial charge on any atom is 0.277 e. The predicted molar refractivity (Wildman–Crippen MR) is 167 cm³/mol. The zero-order chi connectivity index (χ0) is 29.1. The number of aromatic nitrogens is 4. The van der Waals surface area contributed by atoms with Gasteiger partial charge in [-0.1, -0.05) is 67.6 Å². The average molecular weight is 565 g/mol. The third-order valence-corrected chi connectivity index (χ3v) is 8.53. The molecule has 2 aromatic carbocycles. The minimum absolute atomic E-state index is 0.000599. The van der Waals surface area contributed by atoms with Crippen LogP contribution in [0.1, 0.15) is 48.5 Å². The van der Waals surface area contributed by atoms with Crippen LogP contribution in [0, 0.1) is 6.92 Å². The van der Waals surface area contributed by atoms with Crippen molar-refractivity contribution >= 4 is 16.7 Å². The second kappa shape index (κ2) is 12.5. The fourth-order valence-corrected chi connectivity index (χ4v) is 6.41. The van der Waals surface area contributed by atoms with Crippen LogP contribution in [-0.2, 0) is 13.0 Å². The van der Waals surface area contributed by atoms with E-state index in [-0.39, 0.29) is 11.6 Å². The first kappa shape index (κ1) is 28.1. The first-order chi connectivity index (χ1) is 20.6. The van der Waals surface area contributed by atoms with Crippen LogP contribution in [0.25, 0.3) is 16.7 Å². The Labute approximate surface area is 247 Å². The lowest BCUT2D eigenvalue weighted by Crippen LogP contribution is -2.48. The Hall–Kier alpha value is -4.01. The fraction of sp³-hybridized carbons (Fsp3) is 0.382. The highest BCUT2D eigenvalue weighted by molar-refractivity contribution is 5.77. The summed E-state index contributed by atoms with van der Waals surface area (Å²) >= 11 is 0. The van der Waals surface area contributed by atoms with Gasteiger partial charge >= 0.3 is 0 Å². The van der Waals surface area contributed by atoms with Crippen LogP contribution >= 0.6 is 0 Å². The molecule has 0 aliphatic carbocycles. The number of ether oxygens (including phenoxy) is 1. The third-order valence-electron chi connectivity index (χ3n) is 8.53. The van der Waals surface area contributed by atoms with E-state index in [1.54, 1.807) is 7.11 Å². The first-order valence-electron chi connectivity index (χ1n) is 15.1. The molecule has 1 aliphatic heterocycles. The van der Waals surface area contributed by atoms with E-state index in [0.29, 0.717) is 17.9 Å². The van der Waals surface area contributed by atoms with Crippen LogP contribution in [0.15, 0.2) is 77.6 Å². The van der Waals surface area contributed by atoms with Gasteiger partial charge in [-0.25, -0.2) is 4.98 Å². The van der Waals surface area contributed by atoms with Crippen LogP contribution in [0.2, 0.25) is 0 Å². The summed E-state index contributed by atoms with van der Waals surface area (Å²) in [6.45, 7) is 9.79. The highest BCUT2D eigenvalue weighted by Crippen LogP contribution is 2.29. The summed E-state index contributed by atoms with van der Waals surface area (Å²) < 4.78 is 9.22. The molecule has 5 aromatic rings. The molecule has 0 N–H and O–H groups in total. The summed E-state index contributed by atoms with van der Waals surface area (Å²) in [5, 5.41) is 0. The Kier molecular flexibility index (Phi) is 8.35. The summed E-state index contributed by atoms with van der Waals surface area (Å²) in [7, 11) is 1.62. The second-order valence-electron chi connectivity index (χ2n) is 11.1. The van der Waals surface area contributed by atoms with Crippen LogP contribution in [0.5, 0.6) is 5.88 Å². The minimum atomic E-state index is 0.000599. The lowest BCUT2D eigenvalue weighted by molar-refractivity contribution is 0.108. The molecule has 0 radical (unpaired) electrons. The lowest BCUT2D eigenvalue weighted by Gasteiger charge is -2.40. The highest BCUT2D eigenvalue weighted by Gasteiger charge is 2.26. The van der Waals surface area contributed by atoms with Crippen molar-refractivity contribution in [2.24, 2.45) is 0 Å². The van der Waals surface area contributed by atoms with Gasteiger partial charge in [0.15, 0.2) is 5.65 Å². The van der Waals surface area contributed by atoms with Crippen LogP contribution in [0.4, 0.5) is 0 Å². The molecule has 3 aromatic heterocycles. The fourth-order valence-electron chi connectivity index (χ4n) is 6.41. The van der Waals surface area contributed by atoms with E-state index in [1.165, 1.54) is 11.1 Å². The largest absolute Gasteiger partial charge is 0.481 e. The van der Waals surface area contributed by atoms with Gasteiger partial charge in [-0.2, -0.15) is 4.98 Å². The molecule has 8 heteroatoms. The number of hydrogen-bond acceptors (Lipinski definition) is 6. The van der Waals surface area contributed by atoms with Gasteiger partial charge < -0.3 is 14.2 Å². The summed E-state index contributed by atoms with van der Waals surface area (Å²) in [6.07, 6.45) is 2.67. The summed E-state index contributed by atoms with van der Waals surface area (Å²) in [5.74, 6) is 1.38. The molecule has 42 heavy (non-hydrogen) atoms. The van der Waals surface area contributed by atoms with Gasteiger partial charge in [-0.05, 0) is 43.5 Å². The Morgan fingerprint density at radius 3 is 2.10 bits per heavy atom. The molecule has 0 bridgehead atoms. The van der Waals surface area contributed by atoms with Crippen LogP contribution in [0.3, 0.4) is 0 Å². The number of piperazine rings is 1. The molecule has 8 nitrogen and oxygen atoms in total. The number of pyridine rings is 1. The molecule has 0 unspecified atom stereocenters. The number of imidazole rings is 1. The van der Waals surface area contributed by atoms with Crippen molar-refractivity contribution < 1.29 is 4.74 Å². The number of fused-ring (bicyclic) bond motifs is 3. The van der Waals surface area contributed by atoms with E-state index in [2.05, 4.69) is 82.4 Å². The Morgan fingerprint density at radius 1 is 0.833 bits per heavy atom. The van der Waals surface area contributed by atoms with Crippen molar-refractivity contribution in [2.45, 2.75) is 45.7 Å². The molecule has 6 rings (SSSR count). The second-order valence-corrected chi connectivity index (χ2v) is 11.1. The van der Waals surface area contributed by atoms with E-state index in [4.69, 9.17) is 9.72 Å². The topological polar surface area (TPSA) is 67.9 Å². The molecule has 4 heterocycles. The van der Waals surface area contributed by atoms with Crippen molar-refractivity contribution in [2.75, 3.05) is 39.8 Å². The van der Waals surface area contributed by atoms with E-state index in [9.17, 15) is 4.79 Å². The van der Waals surface area contributed by atoms with Crippen molar-refractivity contribution in [1.82, 2.24) is 28.7 Å². The zero-order valence-corrected chi connectivity index (χ0v) is 24.9. The number of methoxy groups -OCH3 is 1. The van der Waals surface area contributed by atoms with Gasteiger partial charge in [0.2, 0.25) is 5.88 Å². The third kappa shape index (κ3) is 5.44. The van der Waals surface area contributed by atoms with E-state index >= 15 is 0 Å². The lowest BCUT2D eigenvalue weighted by atomic mass is 9.96. The molecular formula is C34H40N6O2. The highest BCUT2D eigenvalue weighted by atomic mass is 16.5. The Morgan fingerprint density at radius 2 is 1.48 bits per heavy atom. The number of rotatable bonds is 10. The first-order valence-corrected chi connectivity index (χ1v) is 15.1. The van der Waals surface area contributed by atoms with E-state index < -0.39 is 0 Å². The maximum atomic E-state index is 13.7. The summed E-state index contributed by atoms with van der Waals surface area (Å²) in [4.78, 5) is 28.3. The molecule has 1 saturated heterocycles. The maximum absolute atomic E-state index is 13.7. The van der Waals surface area contributed by atoms with Gasteiger partial charge in [0.05, 0.1) is 24.4 Å². The smallest absolute Gasteiger partial charge is 0.277 e. The van der Waals surface area contributed by atoms with Gasteiger partial charge in [0.1, 0.15) is 11.3 Å². The number of aryl methyl sites for hydroxylation is 3. The molecule has 0 atom stereocenters. The molecular weight excluding hydrogens is 524 g/mol. The molecule has 1 fully saturated rings. The van der Waals surface area contributed by atoms with Crippen LogP contribution in [-0.4, -0.2) is 68.6 Å². The SMILES string of the molecule is CCc1nc(C)c2c(=O)n(CCCCN3CCN(C(c4ccccc4)c4ccccc4)CC3)c3ccc(OC)nc3n12. The van der Waals surface area contributed by atoms with Gasteiger partial charge in [-0.15, -0.1) is 0 Å². The van der Waals surface area contributed by atoms with Gasteiger partial charge in [0, 0.05) is 45.2 Å². The summed E-state index contributed by atoms with van der Waals surface area (Å²) in [6, 6.07) is 25.8. The van der Waals surface area contributed by atoms with Crippen molar-refractivity contribution in [1.29, 1.82) is 0 Å². The number of hydrogen-bond donors (Lipinski definition) is 0. The molecule has 218 valence electrons. The molecule has 0 saturated carbocycles. The quantitative estimate of drug-likeness (QED) is 0.220. The van der Waals surface area contributed by atoms with E-state index in [1.807, 2.05) is 28.0 Å².